The minimum Gasteiger partial charge on any atom is -0.310 e. The fourth-order valence-corrected chi connectivity index (χ4v) is 2.38. The molecule has 0 saturated heterocycles. The van der Waals surface area contributed by atoms with Crippen molar-refractivity contribution < 1.29 is 0 Å². The Hall–Kier alpha value is -1.79. The van der Waals surface area contributed by atoms with Crippen LogP contribution in [0.5, 0.6) is 0 Å². The van der Waals surface area contributed by atoms with Crippen LogP contribution in [0.15, 0.2) is 36.0 Å². The lowest BCUT2D eigenvalue weighted by atomic mass is 10.4. The Labute approximate surface area is 109 Å². The molecule has 0 atom stereocenters. The molecule has 0 aliphatic carbocycles. The highest BCUT2D eigenvalue weighted by Crippen LogP contribution is 2.04. The van der Waals surface area contributed by atoms with Crippen LogP contribution >= 0.6 is 11.3 Å². The highest BCUT2D eigenvalue weighted by molar-refractivity contribution is 7.09. The summed E-state index contributed by atoms with van der Waals surface area (Å²) in [4.78, 5) is 4.22. The van der Waals surface area contributed by atoms with E-state index in [1.165, 1.54) is 0 Å². The fraction of sp³-hybridized carbons (Fsp3) is 0.250. The fourth-order valence-electron chi connectivity index (χ4n) is 1.80. The topological polar surface area (TPSA) is 55.1 Å². The van der Waals surface area contributed by atoms with Crippen molar-refractivity contribution in [2.75, 3.05) is 6.54 Å². The van der Waals surface area contributed by atoms with Crippen molar-refractivity contribution in [3.8, 4) is 0 Å². The van der Waals surface area contributed by atoms with Gasteiger partial charge in [-0.05, 0) is 12.1 Å². The third-order valence-corrected chi connectivity index (χ3v) is 3.45. The molecule has 0 aliphatic heterocycles. The number of hydrogen-bond donors (Lipinski definition) is 1. The molecule has 0 saturated carbocycles. The van der Waals surface area contributed by atoms with Gasteiger partial charge >= 0.3 is 0 Å². The van der Waals surface area contributed by atoms with E-state index in [4.69, 9.17) is 0 Å². The lowest BCUT2D eigenvalue weighted by Crippen LogP contribution is -2.17. The summed E-state index contributed by atoms with van der Waals surface area (Å²) in [6.45, 7) is 1.68. The van der Waals surface area contributed by atoms with Gasteiger partial charge in [-0.15, -0.1) is 21.5 Å². The van der Waals surface area contributed by atoms with Crippen molar-refractivity contribution in [2.24, 2.45) is 0 Å². The SMILES string of the molecule is c1ccn2c(CCNCc3nccs3)nnc2c1. The predicted octanol–water partition coefficient (Wildman–Crippen LogP) is 1.52. The van der Waals surface area contributed by atoms with E-state index in [-0.39, 0.29) is 0 Å². The molecule has 3 aromatic heterocycles. The predicted molar refractivity (Wildman–Crippen MR) is 70.5 cm³/mol. The Kier molecular flexibility index (Phi) is 3.29. The van der Waals surface area contributed by atoms with E-state index in [2.05, 4.69) is 20.5 Å². The van der Waals surface area contributed by atoms with Crippen molar-refractivity contribution in [3.05, 3.63) is 46.8 Å². The Morgan fingerprint density at radius 2 is 2.28 bits per heavy atom. The number of nitrogens with one attached hydrogen (secondary N) is 1. The van der Waals surface area contributed by atoms with Gasteiger partial charge < -0.3 is 5.32 Å². The van der Waals surface area contributed by atoms with Gasteiger partial charge in [-0.25, -0.2) is 4.98 Å². The van der Waals surface area contributed by atoms with E-state index >= 15 is 0 Å². The van der Waals surface area contributed by atoms with Crippen LogP contribution in [0.4, 0.5) is 0 Å². The smallest absolute Gasteiger partial charge is 0.160 e. The molecule has 92 valence electrons. The molecule has 0 amide bonds. The van der Waals surface area contributed by atoms with Gasteiger partial charge in [0.05, 0.1) is 0 Å². The van der Waals surface area contributed by atoms with E-state index in [9.17, 15) is 0 Å². The second-order valence-corrected chi connectivity index (χ2v) is 4.88. The van der Waals surface area contributed by atoms with Gasteiger partial charge in [-0.2, -0.15) is 0 Å². The van der Waals surface area contributed by atoms with Gasteiger partial charge in [-0.1, -0.05) is 6.07 Å². The van der Waals surface area contributed by atoms with Crippen LogP contribution in [0.25, 0.3) is 5.65 Å². The number of pyridine rings is 1. The molecule has 0 aromatic carbocycles. The van der Waals surface area contributed by atoms with Gasteiger partial charge in [0.15, 0.2) is 5.65 Å². The molecule has 3 aromatic rings. The summed E-state index contributed by atoms with van der Waals surface area (Å²) < 4.78 is 2.02. The van der Waals surface area contributed by atoms with Crippen LogP contribution < -0.4 is 5.32 Å². The second-order valence-electron chi connectivity index (χ2n) is 3.90. The Balaban J connectivity index is 1.57. The van der Waals surface area contributed by atoms with E-state index < -0.39 is 0 Å². The number of rotatable bonds is 5. The summed E-state index contributed by atoms with van der Waals surface area (Å²) in [5.74, 6) is 0.984. The number of thiazole rings is 1. The van der Waals surface area contributed by atoms with E-state index in [1.54, 1.807) is 11.3 Å². The Morgan fingerprint density at radius 1 is 1.28 bits per heavy atom. The highest BCUT2D eigenvalue weighted by atomic mass is 32.1. The van der Waals surface area contributed by atoms with Crippen molar-refractivity contribution in [1.29, 1.82) is 0 Å². The molecule has 3 rings (SSSR count). The van der Waals surface area contributed by atoms with Gasteiger partial charge in [0.1, 0.15) is 10.8 Å². The molecular weight excluding hydrogens is 246 g/mol. The van der Waals surface area contributed by atoms with E-state index in [1.807, 2.05) is 40.4 Å². The van der Waals surface area contributed by atoms with E-state index in [0.29, 0.717) is 0 Å². The molecule has 1 N–H and O–H groups in total. The van der Waals surface area contributed by atoms with Crippen LogP contribution in [-0.2, 0) is 13.0 Å². The second kappa shape index (κ2) is 5.24. The normalized spacial score (nSPS) is 11.1. The summed E-state index contributed by atoms with van der Waals surface area (Å²) in [7, 11) is 0. The number of aromatic nitrogens is 4. The minimum atomic E-state index is 0.814. The summed E-state index contributed by atoms with van der Waals surface area (Å²) >= 11 is 1.67. The molecule has 0 unspecified atom stereocenters. The monoisotopic (exact) mass is 259 g/mol. The Morgan fingerprint density at radius 3 is 3.17 bits per heavy atom. The average molecular weight is 259 g/mol. The van der Waals surface area contributed by atoms with E-state index in [0.717, 1.165) is 36.0 Å². The molecule has 0 fully saturated rings. The highest BCUT2D eigenvalue weighted by Gasteiger charge is 2.03. The molecule has 3 heterocycles. The zero-order valence-electron chi connectivity index (χ0n) is 9.78. The summed E-state index contributed by atoms with van der Waals surface area (Å²) in [5.41, 5.74) is 0.896. The maximum Gasteiger partial charge on any atom is 0.160 e. The summed E-state index contributed by atoms with van der Waals surface area (Å²) in [5, 5.41) is 14.8. The summed E-state index contributed by atoms with van der Waals surface area (Å²) in [6, 6.07) is 5.91. The molecular formula is C12H13N5S. The third kappa shape index (κ3) is 2.39. The van der Waals surface area contributed by atoms with Crippen molar-refractivity contribution >= 4 is 17.0 Å². The number of nitrogens with zero attached hydrogens (tertiary/aromatic N) is 4. The molecule has 0 radical (unpaired) electrons. The lowest BCUT2D eigenvalue weighted by molar-refractivity contribution is 0.664. The van der Waals surface area contributed by atoms with Gasteiger partial charge in [0, 0.05) is 37.3 Å². The first-order valence-electron chi connectivity index (χ1n) is 5.81. The maximum atomic E-state index is 4.22. The summed E-state index contributed by atoms with van der Waals surface area (Å²) in [6.07, 6.45) is 4.68. The maximum absolute atomic E-state index is 4.22. The molecule has 0 bridgehead atoms. The van der Waals surface area contributed by atoms with Gasteiger partial charge in [0.25, 0.3) is 0 Å². The first-order valence-corrected chi connectivity index (χ1v) is 6.69. The molecule has 18 heavy (non-hydrogen) atoms. The standard InChI is InChI=1S/C12H13N5S/c1-2-7-17-10(3-1)15-16-11(17)4-5-13-9-12-14-6-8-18-12/h1-3,6-8,13H,4-5,9H2. The lowest BCUT2D eigenvalue weighted by Gasteiger charge is -2.01. The van der Waals surface area contributed by atoms with Crippen molar-refractivity contribution in [2.45, 2.75) is 13.0 Å². The van der Waals surface area contributed by atoms with Gasteiger partial charge in [0.2, 0.25) is 0 Å². The molecule has 5 nitrogen and oxygen atoms in total. The molecule has 6 heteroatoms. The Bertz CT molecular complexity index is 616. The van der Waals surface area contributed by atoms with Crippen molar-refractivity contribution in [3.63, 3.8) is 0 Å². The quantitative estimate of drug-likeness (QED) is 0.706. The first kappa shape index (κ1) is 11.3. The largest absolute Gasteiger partial charge is 0.310 e. The van der Waals surface area contributed by atoms with Crippen molar-refractivity contribution in [1.82, 2.24) is 24.9 Å². The third-order valence-electron chi connectivity index (χ3n) is 2.67. The van der Waals surface area contributed by atoms with Crippen LogP contribution in [0.1, 0.15) is 10.8 Å². The van der Waals surface area contributed by atoms with Crippen LogP contribution in [0, 0.1) is 0 Å². The first-order chi connectivity index (χ1) is 8.93. The van der Waals surface area contributed by atoms with Crippen LogP contribution in [-0.4, -0.2) is 26.1 Å². The average Bonchev–Trinajstić information content (AvgIpc) is 3.04. The van der Waals surface area contributed by atoms with Gasteiger partial charge in [-0.3, -0.25) is 4.40 Å². The minimum absolute atomic E-state index is 0.814. The molecule has 0 aliphatic rings. The zero-order chi connectivity index (χ0) is 12.2. The number of hydrogen-bond acceptors (Lipinski definition) is 5. The number of fused-ring (bicyclic) bond motifs is 1. The van der Waals surface area contributed by atoms with Crippen LogP contribution in [0.2, 0.25) is 0 Å². The van der Waals surface area contributed by atoms with Crippen LogP contribution in [0.3, 0.4) is 0 Å². The molecule has 0 spiro atoms. The zero-order valence-corrected chi connectivity index (χ0v) is 10.6.